The quantitative estimate of drug-likeness (QED) is 0.423. The summed E-state index contributed by atoms with van der Waals surface area (Å²) in [5.41, 5.74) is 2.71. The average Bonchev–Trinajstić information content (AvgIpc) is 3.38. The lowest BCUT2D eigenvalue weighted by Crippen LogP contribution is -2.01. The molecule has 2 N–H and O–H groups in total. The summed E-state index contributed by atoms with van der Waals surface area (Å²) in [4.78, 5) is 21.5. The highest BCUT2D eigenvalue weighted by molar-refractivity contribution is 7.13. The van der Waals surface area contributed by atoms with E-state index in [0.29, 0.717) is 28.8 Å². The van der Waals surface area contributed by atoms with E-state index >= 15 is 0 Å². The minimum Gasteiger partial charge on any atom is -0.506 e. The minimum absolute atomic E-state index is 0.0251. The number of fused-ring (bicyclic) bond motifs is 1. The van der Waals surface area contributed by atoms with Gasteiger partial charge in [-0.1, -0.05) is 18.2 Å². The number of phenolic OH excluding ortho intramolecular Hbond substituents is 1. The number of ether oxygens (including phenoxy) is 1. The molecule has 28 heavy (non-hydrogen) atoms. The normalized spacial score (nSPS) is 11.0. The Hall–Kier alpha value is -3.12. The first kappa shape index (κ1) is 18.3. The first-order chi connectivity index (χ1) is 13.7. The minimum atomic E-state index is 0.0251. The van der Waals surface area contributed by atoms with Gasteiger partial charge < -0.3 is 14.8 Å². The summed E-state index contributed by atoms with van der Waals surface area (Å²) >= 11 is 1.56. The van der Waals surface area contributed by atoms with Crippen LogP contribution >= 0.6 is 11.3 Å². The molecular formula is C22H20N2O3S. The second kappa shape index (κ2) is 7.86. The molecule has 5 nitrogen and oxygen atoms in total. The van der Waals surface area contributed by atoms with E-state index < -0.39 is 0 Å². The van der Waals surface area contributed by atoms with E-state index in [9.17, 15) is 9.90 Å². The van der Waals surface area contributed by atoms with Crippen molar-refractivity contribution < 1.29 is 14.6 Å². The number of imidazole rings is 1. The topological polar surface area (TPSA) is 75.2 Å². The summed E-state index contributed by atoms with van der Waals surface area (Å²) in [7, 11) is 1.65. The molecule has 2 aromatic carbocycles. The van der Waals surface area contributed by atoms with Crippen molar-refractivity contribution in [2.24, 2.45) is 0 Å². The molecule has 0 fully saturated rings. The number of aromatic hydroxyl groups is 1. The third-order valence-electron chi connectivity index (χ3n) is 4.68. The highest BCUT2D eigenvalue weighted by Crippen LogP contribution is 2.31. The lowest BCUT2D eigenvalue weighted by atomic mass is 10.0. The van der Waals surface area contributed by atoms with Crippen LogP contribution in [0.15, 0.2) is 53.9 Å². The Kier molecular flexibility index (Phi) is 5.12. The first-order valence-electron chi connectivity index (χ1n) is 9.07. The summed E-state index contributed by atoms with van der Waals surface area (Å²) in [6, 6.07) is 15.0. The average molecular weight is 392 g/mol. The zero-order valence-corrected chi connectivity index (χ0v) is 16.3. The van der Waals surface area contributed by atoms with Gasteiger partial charge in [0.05, 0.1) is 12.0 Å². The molecule has 0 unspecified atom stereocenters. The smallest absolute Gasteiger partial charge is 0.165 e. The number of nitrogens with one attached hydrogen (secondary N) is 1. The van der Waals surface area contributed by atoms with Crippen LogP contribution in [-0.2, 0) is 6.42 Å². The summed E-state index contributed by atoms with van der Waals surface area (Å²) in [6.07, 6.45) is 1.94. The maximum absolute atomic E-state index is 12.8. The number of Topliss-reactive ketones (excluding diaryl/α,β-unsaturated/α-hetero) is 1. The fourth-order valence-corrected chi connectivity index (χ4v) is 3.92. The highest BCUT2D eigenvalue weighted by Gasteiger charge is 2.17. The van der Waals surface area contributed by atoms with Gasteiger partial charge in [0, 0.05) is 12.0 Å². The van der Waals surface area contributed by atoms with Crippen LogP contribution in [0.4, 0.5) is 0 Å². The standard InChI is InChI=1S/C22H20N2O3S/c1-27-15-7-2-5-14(13-15)6-3-8-17(25)16-10-11-18(26)21-20(16)23-22(24-21)19-9-4-12-28-19/h2,4-5,7,9-13,26H,3,6,8H2,1H3,(H,23,24). The number of nitrogens with zero attached hydrogens (tertiary/aromatic N) is 1. The molecule has 0 atom stereocenters. The van der Waals surface area contributed by atoms with Gasteiger partial charge in [-0.2, -0.15) is 0 Å². The second-order valence-corrected chi connectivity index (χ2v) is 7.49. The number of methoxy groups -OCH3 is 1. The summed E-state index contributed by atoms with van der Waals surface area (Å²) in [5.74, 6) is 1.61. The van der Waals surface area contributed by atoms with E-state index in [2.05, 4.69) is 9.97 Å². The number of phenols is 1. The van der Waals surface area contributed by atoms with Gasteiger partial charge in [-0.15, -0.1) is 11.3 Å². The van der Waals surface area contributed by atoms with Crippen LogP contribution in [0, 0.1) is 0 Å². The third kappa shape index (κ3) is 3.64. The Labute approximate surface area is 166 Å². The third-order valence-corrected chi connectivity index (χ3v) is 5.56. The van der Waals surface area contributed by atoms with Crippen molar-refractivity contribution in [2.45, 2.75) is 19.3 Å². The van der Waals surface area contributed by atoms with Gasteiger partial charge >= 0.3 is 0 Å². The number of thiophene rings is 1. The molecule has 2 heterocycles. The number of hydrogen-bond acceptors (Lipinski definition) is 5. The molecular weight excluding hydrogens is 372 g/mol. The van der Waals surface area contributed by atoms with Gasteiger partial charge in [-0.05, 0) is 54.1 Å². The Morgan fingerprint density at radius 1 is 1.21 bits per heavy atom. The Morgan fingerprint density at radius 2 is 2.11 bits per heavy atom. The molecule has 4 rings (SSSR count). The predicted octanol–water partition coefficient (Wildman–Crippen LogP) is 5.21. The molecule has 2 aromatic heterocycles. The van der Waals surface area contributed by atoms with E-state index in [1.54, 1.807) is 30.6 Å². The van der Waals surface area contributed by atoms with Gasteiger partial charge in [0.25, 0.3) is 0 Å². The number of aromatic nitrogens is 2. The number of ketones is 1. The maximum Gasteiger partial charge on any atom is 0.165 e. The molecule has 142 valence electrons. The molecule has 0 spiro atoms. The van der Waals surface area contributed by atoms with Crippen LogP contribution in [0.25, 0.3) is 21.7 Å². The molecule has 0 radical (unpaired) electrons. The summed E-state index contributed by atoms with van der Waals surface area (Å²) < 4.78 is 5.24. The molecule has 0 bridgehead atoms. The zero-order chi connectivity index (χ0) is 19.5. The molecule has 0 aliphatic rings. The van der Waals surface area contributed by atoms with E-state index in [0.717, 1.165) is 29.0 Å². The van der Waals surface area contributed by atoms with Crippen molar-refractivity contribution in [3.8, 4) is 22.2 Å². The van der Waals surface area contributed by atoms with Gasteiger partial charge in [0.2, 0.25) is 0 Å². The van der Waals surface area contributed by atoms with Crippen LogP contribution in [0.3, 0.4) is 0 Å². The highest BCUT2D eigenvalue weighted by atomic mass is 32.1. The van der Waals surface area contributed by atoms with Crippen LogP contribution in [0.5, 0.6) is 11.5 Å². The van der Waals surface area contributed by atoms with Gasteiger partial charge in [-0.25, -0.2) is 4.98 Å². The van der Waals surface area contributed by atoms with Crippen LogP contribution in [-0.4, -0.2) is 28.0 Å². The fraction of sp³-hybridized carbons (Fsp3) is 0.182. The first-order valence-corrected chi connectivity index (χ1v) is 9.95. The Morgan fingerprint density at radius 3 is 2.89 bits per heavy atom. The monoisotopic (exact) mass is 392 g/mol. The SMILES string of the molecule is COc1cccc(CCCC(=O)c2ccc(O)c3[nH]c(-c4cccs4)nc23)c1. The van der Waals surface area contributed by atoms with Crippen molar-refractivity contribution in [3.63, 3.8) is 0 Å². The predicted molar refractivity (Wildman–Crippen MR) is 111 cm³/mol. The number of benzene rings is 2. The van der Waals surface area contributed by atoms with Crippen LogP contribution in [0.2, 0.25) is 0 Å². The molecule has 0 aliphatic heterocycles. The largest absolute Gasteiger partial charge is 0.506 e. The van der Waals surface area contributed by atoms with Crippen LogP contribution in [0.1, 0.15) is 28.8 Å². The number of hydrogen-bond donors (Lipinski definition) is 2. The number of rotatable bonds is 7. The number of carbonyl (C=O) groups is 1. The molecule has 0 saturated carbocycles. The number of carbonyl (C=O) groups excluding carboxylic acids is 1. The molecule has 0 aliphatic carbocycles. The van der Waals surface area contributed by atoms with E-state index in [1.165, 1.54) is 0 Å². The lowest BCUT2D eigenvalue weighted by molar-refractivity contribution is 0.0981. The number of aromatic amines is 1. The summed E-state index contributed by atoms with van der Waals surface area (Å²) in [6.45, 7) is 0. The van der Waals surface area contributed by atoms with Crippen molar-refractivity contribution >= 4 is 28.2 Å². The lowest BCUT2D eigenvalue weighted by Gasteiger charge is -2.05. The van der Waals surface area contributed by atoms with Gasteiger partial charge in [0.15, 0.2) is 5.78 Å². The summed E-state index contributed by atoms with van der Waals surface area (Å²) in [5, 5.41) is 12.1. The Bertz CT molecular complexity index is 1120. The van der Waals surface area contributed by atoms with Crippen LogP contribution < -0.4 is 4.74 Å². The van der Waals surface area contributed by atoms with E-state index in [4.69, 9.17) is 4.74 Å². The van der Waals surface area contributed by atoms with Crippen molar-refractivity contribution in [1.82, 2.24) is 9.97 Å². The number of aryl methyl sites for hydroxylation is 1. The maximum atomic E-state index is 12.8. The Balaban J connectivity index is 1.53. The molecule has 6 heteroatoms. The molecule has 4 aromatic rings. The molecule has 0 saturated heterocycles. The van der Waals surface area contributed by atoms with E-state index in [1.807, 2.05) is 41.8 Å². The van der Waals surface area contributed by atoms with Gasteiger partial charge in [0.1, 0.15) is 28.4 Å². The van der Waals surface area contributed by atoms with Crippen molar-refractivity contribution in [1.29, 1.82) is 0 Å². The van der Waals surface area contributed by atoms with E-state index in [-0.39, 0.29) is 11.5 Å². The molecule has 0 amide bonds. The second-order valence-electron chi connectivity index (χ2n) is 6.55. The van der Waals surface area contributed by atoms with Gasteiger partial charge in [-0.3, -0.25) is 4.79 Å². The van der Waals surface area contributed by atoms with Crippen molar-refractivity contribution in [3.05, 3.63) is 65.0 Å². The fourth-order valence-electron chi connectivity index (χ4n) is 3.25. The zero-order valence-electron chi connectivity index (χ0n) is 15.4. The van der Waals surface area contributed by atoms with Crippen molar-refractivity contribution in [2.75, 3.05) is 7.11 Å². The number of H-pyrrole nitrogens is 1.